The van der Waals surface area contributed by atoms with Crippen molar-refractivity contribution < 1.29 is 4.79 Å². The van der Waals surface area contributed by atoms with E-state index in [2.05, 4.69) is 26.9 Å². The van der Waals surface area contributed by atoms with Gasteiger partial charge in [0, 0.05) is 40.7 Å². The molecule has 1 aliphatic heterocycles. The van der Waals surface area contributed by atoms with Crippen LogP contribution in [0.3, 0.4) is 0 Å². The number of hydrogen-bond acceptors (Lipinski definition) is 5. The van der Waals surface area contributed by atoms with Gasteiger partial charge >= 0.3 is 0 Å². The molecule has 0 radical (unpaired) electrons. The molecule has 166 valence electrons. The number of benzene rings is 2. The topological polar surface area (TPSA) is 60.3 Å². The molecule has 0 saturated carbocycles. The molecular formula is C25H28ClN5O. The highest BCUT2D eigenvalue weighted by molar-refractivity contribution is 6.30. The van der Waals surface area contributed by atoms with Gasteiger partial charge in [0.25, 0.3) is 5.91 Å². The van der Waals surface area contributed by atoms with E-state index in [1.54, 1.807) is 6.20 Å². The summed E-state index contributed by atoms with van der Waals surface area (Å²) in [6, 6.07) is 15.1. The molecule has 0 aliphatic carbocycles. The maximum absolute atomic E-state index is 12.4. The van der Waals surface area contributed by atoms with Crippen molar-refractivity contribution in [3.63, 3.8) is 0 Å². The number of nitrogens with one attached hydrogen (secondary N) is 1. The lowest BCUT2D eigenvalue weighted by atomic mass is 10.1. The Hall–Kier alpha value is -3.22. The van der Waals surface area contributed by atoms with Crippen LogP contribution in [0.25, 0.3) is 11.4 Å². The van der Waals surface area contributed by atoms with Crippen molar-refractivity contribution in [1.82, 2.24) is 15.1 Å². The van der Waals surface area contributed by atoms with Gasteiger partial charge in [-0.15, -0.1) is 0 Å². The fourth-order valence-corrected chi connectivity index (χ4v) is 3.51. The van der Waals surface area contributed by atoms with Gasteiger partial charge in [0.15, 0.2) is 0 Å². The van der Waals surface area contributed by atoms with Crippen molar-refractivity contribution in [3.8, 4) is 0 Å². The van der Waals surface area contributed by atoms with Gasteiger partial charge in [-0.05, 0) is 58.0 Å². The Labute approximate surface area is 194 Å². The van der Waals surface area contributed by atoms with Gasteiger partial charge in [0.2, 0.25) is 0 Å². The molecule has 2 aromatic rings. The molecule has 32 heavy (non-hydrogen) atoms. The lowest BCUT2D eigenvalue weighted by Crippen LogP contribution is -2.27. The van der Waals surface area contributed by atoms with Crippen molar-refractivity contribution >= 4 is 41.8 Å². The Morgan fingerprint density at radius 3 is 2.72 bits per heavy atom. The summed E-state index contributed by atoms with van der Waals surface area (Å²) >= 11 is 6.18. The molecule has 1 amide bonds. The number of hydrogen-bond donors (Lipinski definition) is 1. The third-order valence-corrected chi connectivity index (χ3v) is 5.18. The third kappa shape index (κ3) is 6.39. The Bertz CT molecular complexity index is 1040. The largest absolute Gasteiger partial charge is 0.352 e. The SMILES string of the molecule is C=N/C=C(/c1cccc(Cl)c1)N1C=C(c2ccc(C(=O)NCCCN(C)C)cc2)N=CC1. The number of rotatable bonds is 9. The zero-order valence-corrected chi connectivity index (χ0v) is 19.2. The highest BCUT2D eigenvalue weighted by atomic mass is 35.5. The molecule has 1 N–H and O–H groups in total. The normalized spacial score (nSPS) is 13.8. The van der Waals surface area contributed by atoms with E-state index in [-0.39, 0.29) is 5.91 Å². The van der Waals surface area contributed by atoms with Crippen LogP contribution in [0.4, 0.5) is 0 Å². The number of halogens is 1. The molecule has 0 atom stereocenters. The second kappa shape index (κ2) is 11.4. The minimum absolute atomic E-state index is 0.0682. The number of carbonyl (C=O) groups excluding carboxylic acids is 1. The molecule has 0 aromatic heterocycles. The van der Waals surface area contributed by atoms with Crippen LogP contribution < -0.4 is 5.32 Å². The second-order valence-corrected chi connectivity index (χ2v) is 8.11. The van der Waals surface area contributed by atoms with E-state index in [1.165, 1.54) is 0 Å². The van der Waals surface area contributed by atoms with Crippen LogP contribution in [0.5, 0.6) is 0 Å². The number of nitrogens with zero attached hydrogens (tertiary/aromatic N) is 4. The molecule has 3 rings (SSSR count). The highest BCUT2D eigenvalue weighted by Gasteiger charge is 2.15. The molecule has 0 bridgehead atoms. The monoisotopic (exact) mass is 449 g/mol. The van der Waals surface area contributed by atoms with Crippen molar-refractivity contribution in [2.24, 2.45) is 9.98 Å². The van der Waals surface area contributed by atoms with Crippen LogP contribution in [-0.4, -0.2) is 62.4 Å². The molecule has 0 saturated heterocycles. The van der Waals surface area contributed by atoms with Gasteiger partial charge in [-0.1, -0.05) is 35.9 Å². The van der Waals surface area contributed by atoms with Crippen LogP contribution >= 0.6 is 11.6 Å². The summed E-state index contributed by atoms with van der Waals surface area (Å²) in [7, 11) is 4.04. The summed E-state index contributed by atoms with van der Waals surface area (Å²) in [4.78, 5) is 25.0. The summed E-state index contributed by atoms with van der Waals surface area (Å²) in [5.41, 5.74) is 4.17. The van der Waals surface area contributed by atoms with Crippen LogP contribution in [0.1, 0.15) is 27.9 Å². The number of amides is 1. The summed E-state index contributed by atoms with van der Waals surface area (Å²) in [6.45, 7) is 5.79. The fraction of sp³-hybridized carbons (Fsp3) is 0.240. The first-order valence-electron chi connectivity index (χ1n) is 10.4. The van der Waals surface area contributed by atoms with Gasteiger partial charge < -0.3 is 15.1 Å². The molecule has 1 aliphatic rings. The average molecular weight is 450 g/mol. The minimum Gasteiger partial charge on any atom is -0.352 e. The van der Waals surface area contributed by atoms with Gasteiger partial charge in [0.05, 0.1) is 24.1 Å². The molecule has 1 heterocycles. The third-order valence-electron chi connectivity index (χ3n) is 4.94. The van der Waals surface area contributed by atoms with Crippen molar-refractivity contribution in [1.29, 1.82) is 0 Å². The Morgan fingerprint density at radius 2 is 2.03 bits per heavy atom. The van der Waals surface area contributed by atoms with E-state index < -0.39 is 0 Å². The molecule has 6 nitrogen and oxygen atoms in total. The molecule has 0 spiro atoms. The predicted octanol–water partition coefficient (Wildman–Crippen LogP) is 4.41. The first-order chi connectivity index (χ1) is 15.5. The fourth-order valence-electron chi connectivity index (χ4n) is 3.32. The summed E-state index contributed by atoms with van der Waals surface area (Å²) in [5, 5.41) is 3.61. The Kier molecular flexibility index (Phi) is 8.36. The van der Waals surface area contributed by atoms with Gasteiger partial charge in [0.1, 0.15) is 0 Å². The standard InChI is InChI=1S/C25H28ClN5O/c1-27-17-24(21-6-4-7-22(26)16-21)31-15-13-28-23(18-31)19-8-10-20(11-9-19)25(32)29-12-5-14-30(2)3/h4,6-11,13,16-18H,1,5,12,14-15H2,2-3H3,(H,29,32)/b24-17-. The predicted molar refractivity (Wildman–Crippen MR) is 134 cm³/mol. The molecule has 0 fully saturated rings. The lowest BCUT2D eigenvalue weighted by molar-refractivity contribution is 0.0952. The van der Waals surface area contributed by atoms with Gasteiger partial charge in [-0.25, -0.2) is 0 Å². The molecule has 2 aromatic carbocycles. The molecule has 7 heteroatoms. The minimum atomic E-state index is -0.0682. The van der Waals surface area contributed by atoms with Crippen LogP contribution in [-0.2, 0) is 0 Å². The average Bonchev–Trinajstić information content (AvgIpc) is 2.80. The van der Waals surface area contributed by atoms with E-state index >= 15 is 0 Å². The quantitative estimate of drug-likeness (QED) is 0.455. The van der Waals surface area contributed by atoms with Crippen molar-refractivity contribution in [2.45, 2.75) is 6.42 Å². The van der Waals surface area contributed by atoms with Crippen LogP contribution in [0.2, 0.25) is 5.02 Å². The summed E-state index contributed by atoms with van der Waals surface area (Å²) in [5.74, 6) is -0.0682. The number of carbonyl (C=O) groups is 1. The summed E-state index contributed by atoms with van der Waals surface area (Å²) < 4.78 is 0. The Balaban J connectivity index is 1.73. The first kappa shape index (κ1) is 23.4. The van der Waals surface area contributed by atoms with E-state index in [1.807, 2.05) is 79.9 Å². The van der Waals surface area contributed by atoms with Crippen molar-refractivity contribution in [3.05, 3.63) is 82.6 Å². The zero-order chi connectivity index (χ0) is 22.9. The van der Waals surface area contributed by atoms with E-state index in [9.17, 15) is 4.79 Å². The Morgan fingerprint density at radius 1 is 1.25 bits per heavy atom. The molecule has 0 unspecified atom stereocenters. The lowest BCUT2D eigenvalue weighted by Gasteiger charge is -2.25. The maximum Gasteiger partial charge on any atom is 0.251 e. The smallest absolute Gasteiger partial charge is 0.251 e. The van der Waals surface area contributed by atoms with Gasteiger partial charge in [-0.2, -0.15) is 0 Å². The van der Waals surface area contributed by atoms with Gasteiger partial charge in [-0.3, -0.25) is 14.8 Å². The second-order valence-electron chi connectivity index (χ2n) is 7.68. The highest BCUT2D eigenvalue weighted by Crippen LogP contribution is 2.27. The van der Waals surface area contributed by atoms with E-state index in [0.29, 0.717) is 23.7 Å². The van der Waals surface area contributed by atoms with Crippen LogP contribution in [0, 0.1) is 0 Å². The van der Waals surface area contributed by atoms with Crippen LogP contribution in [0.15, 0.2) is 70.9 Å². The summed E-state index contributed by atoms with van der Waals surface area (Å²) in [6.07, 6.45) is 6.44. The zero-order valence-electron chi connectivity index (χ0n) is 18.5. The first-order valence-corrected chi connectivity index (χ1v) is 10.8. The molecular weight excluding hydrogens is 422 g/mol. The maximum atomic E-state index is 12.4. The van der Waals surface area contributed by atoms with E-state index in [4.69, 9.17) is 11.6 Å². The van der Waals surface area contributed by atoms with E-state index in [0.717, 1.165) is 35.5 Å². The van der Waals surface area contributed by atoms with Crippen molar-refractivity contribution in [2.75, 3.05) is 33.7 Å². The number of aliphatic imine (C=N–C) groups is 2.